The molecule has 2 aliphatic rings. The van der Waals surface area contributed by atoms with Crippen LogP contribution in [-0.2, 0) is 68.4 Å². The lowest BCUT2D eigenvalue weighted by atomic mass is 9.99. The molecule has 8 N–H and O–H groups in total. The van der Waals surface area contributed by atoms with E-state index >= 15 is 0 Å². The highest BCUT2D eigenvalue weighted by molar-refractivity contribution is 7.98. The standard InChI is InChI=1S/C55H73N9O9S2/c1-33(2)28-42-49(66)58-41(24-27-75(6)73)55(72)64-25-15-22-46(64)53(70)62-44(30-36-18-11-8-12-19-36)51(68)60-43(29-35-16-9-7-10-17-35)50(67)61-45(31-37-32-56-39-21-14-13-20-38(37)39)52(69)63-47(34(3)4)54(71)57-40(23-26-74-5)48(65)59-42/h7-14,16-21,32-34,40-47,56H,15,22-31H2,1-6H3,(H,57,71)(H,58,66)(H,59,65)(H,60,68)(H,61,67)(H,62,70)(H,63,69). The maximum atomic E-state index is 14.9. The first-order valence-electron chi connectivity index (χ1n) is 25.8. The molecule has 9 atom stereocenters. The number of hydrogen-bond acceptors (Lipinski definition) is 10. The Bertz CT molecular complexity index is 2650. The number of para-hydroxylation sites is 1. The summed E-state index contributed by atoms with van der Waals surface area (Å²) in [6.45, 7) is 7.36. The lowest BCUT2D eigenvalue weighted by Gasteiger charge is -2.32. The van der Waals surface area contributed by atoms with E-state index in [1.807, 2.05) is 56.5 Å². The van der Waals surface area contributed by atoms with E-state index in [2.05, 4.69) is 42.2 Å². The van der Waals surface area contributed by atoms with Crippen LogP contribution in [0.3, 0.4) is 0 Å². The number of nitrogens with zero attached hydrogens (tertiary/aromatic N) is 1. The molecule has 3 heterocycles. The molecule has 2 aliphatic heterocycles. The number of thioether (sulfide) groups is 1. The van der Waals surface area contributed by atoms with Crippen molar-refractivity contribution in [1.82, 2.24) is 47.1 Å². The van der Waals surface area contributed by atoms with Crippen LogP contribution in [0.2, 0.25) is 0 Å². The minimum absolute atomic E-state index is 0.00506. The van der Waals surface area contributed by atoms with Crippen LogP contribution in [0.25, 0.3) is 10.9 Å². The van der Waals surface area contributed by atoms with Gasteiger partial charge in [0.15, 0.2) is 0 Å². The van der Waals surface area contributed by atoms with E-state index in [0.29, 0.717) is 28.9 Å². The molecule has 404 valence electrons. The fraction of sp³-hybridized carbons (Fsp3) is 0.491. The van der Waals surface area contributed by atoms with Crippen LogP contribution in [0.5, 0.6) is 0 Å². The fourth-order valence-electron chi connectivity index (χ4n) is 9.51. The maximum absolute atomic E-state index is 14.9. The van der Waals surface area contributed by atoms with Crippen LogP contribution in [0.4, 0.5) is 0 Å². The van der Waals surface area contributed by atoms with Crippen molar-refractivity contribution in [2.75, 3.05) is 30.6 Å². The largest absolute Gasteiger partial charge is 0.361 e. The molecule has 0 saturated carbocycles. The first-order chi connectivity index (χ1) is 35.9. The molecular formula is C55H73N9O9S2. The normalized spacial score (nSPS) is 24.6. The van der Waals surface area contributed by atoms with Crippen molar-refractivity contribution < 1.29 is 42.6 Å². The number of benzene rings is 3. The second-order valence-corrected chi connectivity index (χ2v) is 22.7. The van der Waals surface area contributed by atoms with Crippen molar-refractivity contribution in [3.8, 4) is 0 Å². The zero-order valence-corrected chi connectivity index (χ0v) is 45.3. The molecule has 18 nitrogen and oxygen atoms in total. The molecule has 3 aromatic carbocycles. The molecule has 0 aliphatic carbocycles. The highest BCUT2D eigenvalue weighted by Gasteiger charge is 2.41. The van der Waals surface area contributed by atoms with E-state index in [4.69, 9.17) is 0 Å². The van der Waals surface area contributed by atoms with Gasteiger partial charge in [0.05, 0.1) is 0 Å². The third-order valence-corrected chi connectivity index (χ3v) is 15.0. The van der Waals surface area contributed by atoms with Gasteiger partial charge in [-0.2, -0.15) is 11.8 Å². The van der Waals surface area contributed by atoms with Gasteiger partial charge in [0.2, 0.25) is 47.3 Å². The van der Waals surface area contributed by atoms with Gasteiger partial charge in [0, 0.05) is 65.7 Å². The van der Waals surface area contributed by atoms with Gasteiger partial charge < -0.3 is 47.1 Å². The molecule has 6 rings (SSSR count). The van der Waals surface area contributed by atoms with Crippen molar-refractivity contribution >= 4 is 80.7 Å². The molecular weight excluding hydrogens is 995 g/mol. The first kappa shape index (κ1) is 57.7. The number of aromatic nitrogens is 1. The zero-order chi connectivity index (χ0) is 54.2. The molecule has 1 aromatic heterocycles. The Kier molecular flexibility index (Phi) is 21.4. The van der Waals surface area contributed by atoms with E-state index in [1.165, 1.54) is 22.9 Å². The van der Waals surface area contributed by atoms with Gasteiger partial charge >= 0.3 is 0 Å². The monoisotopic (exact) mass is 1070 g/mol. The first-order valence-corrected chi connectivity index (χ1v) is 28.9. The van der Waals surface area contributed by atoms with Gasteiger partial charge in [-0.1, -0.05) is 107 Å². The number of carbonyl (C=O) groups is 8. The predicted molar refractivity (Wildman–Crippen MR) is 291 cm³/mol. The Balaban J connectivity index is 1.44. The quantitative estimate of drug-likeness (QED) is 0.0864. The second-order valence-electron chi connectivity index (χ2n) is 20.2. The van der Waals surface area contributed by atoms with Crippen LogP contribution >= 0.6 is 11.8 Å². The predicted octanol–water partition coefficient (Wildman–Crippen LogP) is 2.82. The van der Waals surface area contributed by atoms with Crippen molar-refractivity contribution in [3.05, 3.63) is 108 Å². The van der Waals surface area contributed by atoms with Gasteiger partial charge in [-0.25, -0.2) is 0 Å². The summed E-state index contributed by atoms with van der Waals surface area (Å²) in [7, 11) is -1.37. The summed E-state index contributed by atoms with van der Waals surface area (Å²) in [4.78, 5) is 122. The molecule has 8 amide bonds. The SMILES string of the molecule is CSCCC1NC(=O)C(C(C)C)NC(=O)C(Cc2c[nH]c3ccccc23)NC(=O)C(Cc2ccccc2)NC(=O)C(Cc2ccccc2)NC(=O)C2CCCN2C(=O)C(CCS(C)=O)NC(=O)C(CC(C)C)NC1=O. The van der Waals surface area contributed by atoms with Crippen molar-refractivity contribution in [2.45, 2.75) is 127 Å². The summed E-state index contributed by atoms with van der Waals surface area (Å²) in [6.07, 6.45) is 5.98. The zero-order valence-electron chi connectivity index (χ0n) is 43.6. The molecule has 0 spiro atoms. The Hall–Kier alpha value is -6.54. The molecule has 2 saturated heterocycles. The Morgan fingerprint density at radius 1 is 0.587 bits per heavy atom. The van der Waals surface area contributed by atoms with Gasteiger partial charge in [-0.3, -0.25) is 42.6 Å². The van der Waals surface area contributed by atoms with E-state index in [9.17, 15) is 42.6 Å². The summed E-state index contributed by atoms with van der Waals surface area (Å²) < 4.78 is 12.5. The van der Waals surface area contributed by atoms with Gasteiger partial charge in [-0.05, 0) is 78.7 Å². The number of amides is 8. The average molecular weight is 1070 g/mol. The van der Waals surface area contributed by atoms with Gasteiger partial charge in [-0.15, -0.1) is 0 Å². The van der Waals surface area contributed by atoms with E-state index in [0.717, 1.165) is 10.9 Å². The van der Waals surface area contributed by atoms with Gasteiger partial charge in [0.1, 0.15) is 48.3 Å². The average Bonchev–Trinajstić information content (AvgIpc) is 4.05. The van der Waals surface area contributed by atoms with Crippen LogP contribution in [0.1, 0.15) is 76.5 Å². The van der Waals surface area contributed by atoms with Crippen molar-refractivity contribution in [2.24, 2.45) is 11.8 Å². The van der Waals surface area contributed by atoms with Gasteiger partial charge in [0.25, 0.3) is 0 Å². The van der Waals surface area contributed by atoms with Crippen molar-refractivity contribution in [1.29, 1.82) is 0 Å². The number of fused-ring (bicyclic) bond motifs is 2. The molecule has 75 heavy (non-hydrogen) atoms. The molecule has 9 unspecified atom stereocenters. The highest BCUT2D eigenvalue weighted by Crippen LogP contribution is 2.22. The number of rotatable bonds is 15. The van der Waals surface area contributed by atoms with Crippen LogP contribution in [-0.4, -0.2) is 140 Å². The molecule has 0 radical (unpaired) electrons. The highest BCUT2D eigenvalue weighted by atomic mass is 32.2. The topological polar surface area (TPSA) is 257 Å². The van der Waals surface area contributed by atoms with Crippen molar-refractivity contribution in [3.63, 3.8) is 0 Å². The minimum atomic E-state index is -1.37. The second kappa shape index (κ2) is 27.8. The molecule has 2 fully saturated rings. The number of H-pyrrole nitrogens is 1. The number of aromatic amines is 1. The summed E-state index contributed by atoms with van der Waals surface area (Å²) in [6, 6.07) is 15.8. The fourth-order valence-corrected chi connectivity index (χ4v) is 10.5. The number of hydrogen-bond donors (Lipinski definition) is 8. The van der Waals surface area contributed by atoms with Crippen LogP contribution < -0.4 is 37.2 Å². The maximum Gasteiger partial charge on any atom is 0.245 e. The Morgan fingerprint density at radius 3 is 1.68 bits per heavy atom. The summed E-state index contributed by atoms with van der Waals surface area (Å²) in [5, 5.41) is 20.9. The van der Waals surface area contributed by atoms with E-state index in [1.54, 1.807) is 68.6 Å². The minimum Gasteiger partial charge on any atom is -0.361 e. The summed E-state index contributed by atoms with van der Waals surface area (Å²) in [5.74, 6) is -5.50. The van der Waals surface area contributed by atoms with Crippen LogP contribution in [0.15, 0.2) is 91.1 Å². The van der Waals surface area contributed by atoms with E-state index in [-0.39, 0.29) is 63.2 Å². The third-order valence-electron chi connectivity index (χ3n) is 13.5. The molecule has 0 bridgehead atoms. The lowest BCUT2D eigenvalue weighted by molar-refractivity contribution is -0.142. The third kappa shape index (κ3) is 16.5. The smallest absolute Gasteiger partial charge is 0.245 e. The summed E-state index contributed by atoms with van der Waals surface area (Å²) >= 11 is 1.45. The number of nitrogens with one attached hydrogen (secondary N) is 8. The van der Waals surface area contributed by atoms with E-state index < -0.39 is 112 Å². The van der Waals surface area contributed by atoms with Crippen LogP contribution in [0, 0.1) is 11.8 Å². The number of carbonyl (C=O) groups excluding carboxylic acids is 8. The molecule has 20 heteroatoms. The Morgan fingerprint density at radius 2 is 1.09 bits per heavy atom. The Labute approximate surface area is 446 Å². The molecule has 4 aromatic rings. The summed E-state index contributed by atoms with van der Waals surface area (Å²) in [5.41, 5.74) is 2.88. The lowest BCUT2D eigenvalue weighted by Crippen LogP contribution is -2.62.